The van der Waals surface area contributed by atoms with Crippen LogP contribution in [0.4, 0.5) is 0 Å². The molecule has 1 saturated carbocycles. The van der Waals surface area contributed by atoms with Crippen molar-refractivity contribution in [2.75, 3.05) is 7.11 Å². The zero-order chi connectivity index (χ0) is 17.2. The number of ether oxygens (including phenoxy) is 1. The smallest absolute Gasteiger partial charge is 0.241 e. The van der Waals surface area contributed by atoms with Crippen molar-refractivity contribution in [3.8, 4) is 11.8 Å². The molecular formula is C18H18N2O3S. The van der Waals surface area contributed by atoms with Crippen LogP contribution >= 0.6 is 0 Å². The summed E-state index contributed by atoms with van der Waals surface area (Å²) in [7, 11) is -2.10. The van der Waals surface area contributed by atoms with Crippen LogP contribution in [0.2, 0.25) is 0 Å². The number of methoxy groups -OCH3 is 1. The maximum absolute atomic E-state index is 12.7. The van der Waals surface area contributed by atoms with Crippen LogP contribution in [0.25, 0.3) is 0 Å². The first-order valence-corrected chi connectivity index (χ1v) is 9.18. The number of nitrogens with one attached hydrogen (secondary N) is 1. The summed E-state index contributed by atoms with van der Waals surface area (Å²) in [4.78, 5) is 0.112. The van der Waals surface area contributed by atoms with Gasteiger partial charge >= 0.3 is 0 Å². The van der Waals surface area contributed by atoms with Crippen LogP contribution in [0.3, 0.4) is 0 Å². The molecule has 0 saturated heterocycles. The molecule has 6 heteroatoms. The van der Waals surface area contributed by atoms with Gasteiger partial charge in [0.05, 0.1) is 23.6 Å². The van der Waals surface area contributed by atoms with Gasteiger partial charge in [-0.3, -0.25) is 0 Å². The maximum atomic E-state index is 12.7. The predicted molar refractivity (Wildman–Crippen MR) is 89.9 cm³/mol. The van der Waals surface area contributed by atoms with E-state index < -0.39 is 10.0 Å². The molecule has 0 bridgehead atoms. The van der Waals surface area contributed by atoms with E-state index in [4.69, 9.17) is 10.00 Å². The zero-order valence-corrected chi connectivity index (χ0v) is 14.1. The van der Waals surface area contributed by atoms with Gasteiger partial charge in [0.15, 0.2) is 0 Å². The third kappa shape index (κ3) is 3.58. The van der Waals surface area contributed by atoms with Gasteiger partial charge in [0, 0.05) is 6.04 Å². The number of rotatable bonds is 6. The van der Waals surface area contributed by atoms with Crippen molar-refractivity contribution in [1.82, 2.24) is 4.72 Å². The van der Waals surface area contributed by atoms with E-state index in [1.54, 1.807) is 19.2 Å². The lowest BCUT2D eigenvalue weighted by atomic mass is 10.0. The highest BCUT2D eigenvalue weighted by atomic mass is 32.2. The molecule has 124 valence electrons. The van der Waals surface area contributed by atoms with Crippen molar-refractivity contribution >= 4 is 10.0 Å². The fourth-order valence-corrected chi connectivity index (χ4v) is 3.98. The minimum Gasteiger partial charge on any atom is -0.497 e. The summed E-state index contributed by atoms with van der Waals surface area (Å²) in [5.74, 6) is 1.03. The summed E-state index contributed by atoms with van der Waals surface area (Å²) in [6.07, 6.45) is 1.99. The predicted octanol–water partition coefficient (Wildman–Crippen LogP) is 3.00. The minimum atomic E-state index is -3.69. The average molecular weight is 342 g/mol. The summed E-state index contributed by atoms with van der Waals surface area (Å²) in [6, 6.07) is 15.2. The van der Waals surface area contributed by atoms with Gasteiger partial charge in [-0.15, -0.1) is 0 Å². The first kappa shape index (κ1) is 16.5. The first-order valence-electron chi connectivity index (χ1n) is 7.70. The van der Waals surface area contributed by atoms with Crippen LogP contribution in [0.1, 0.15) is 30.0 Å². The van der Waals surface area contributed by atoms with Crippen LogP contribution < -0.4 is 9.46 Å². The average Bonchev–Trinajstić information content (AvgIpc) is 3.45. The zero-order valence-electron chi connectivity index (χ0n) is 13.3. The van der Waals surface area contributed by atoms with Crippen molar-refractivity contribution < 1.29 is 13.2 Å². The number of benzene rings is 2. The standard InChI is InChI=1S/C18H18N2O3S/c1-23-16-9-7-15(8-10-16)18(14-5-6-14)20-24(21,22)17-4-2-3-13(11-17)12-19/h2-4,7-11,14,18,20H,5-6H2,1H3/t18-/m1/s1. The van der Waals surface area contributed by atoms with Gasteiger partial charge in [0.1, 0.15) is 5.75 Å². The molecule has 0 heterocycles. The normalized spacial score (nSPS) is 15.5. The van der Waals surface area contributed by atoms with Gasteiger partial charge < -0.3 is 4.74 Å². The van der Waals surface area contributed by atoms with Gasteiger partial charge in [0.25, 0.3) is 0 Å². The molecule has 0 aliphatic heterocycles. The fraction of sp³-hybridized carbons (Fsp3) is 0.278. The Morgan fingerprint density at radius 1 is 1.21 bits per heavy atom. The number of hydrogen-bond acceptors (Lipinski definition) is 4. The second-order valence-corrected chi connectivity index (χ2v) is 7.56. The molecule has 0 unspecified atom stereocenters. The molecule has 2 aromatic carbocycles. The van der Waals surface area contributed by atoms with E-state index in [2.05, 4.69) is 4.72 Å². The van der Waals surface area contributed by atoms with Crippen molar-refractivity contribution in [1.29, 1.82) is 5.26 Å². The summed E-state index contributed by atoms with van der Waals surface area (Å²) in [6.45, 7) is 0. The lowest BCUT2D eigenvalue weighted by molar-refractivity contribution is 0.414. The molecule has 0 radical (unpaired) electrons. The summed E-state index contributed by atoms with van der Waals surface area (Å²) in [5, 5.41) is 8.96. The van der Waals surface area contributed by atoms with E-state index in [1.165, 1.54) is 12.1 Å². The quantitative estimate of drug-likeness (QED) is 0.875. The third-order valence-corrected chi connectivity index (χ3v) is 5.56. The Hall–Kier alpha value is -2.36. The Kier molecular flexibility index (Phi) is 4.56. The molecule has 24 heavy (non-hydrogen) atoms. The van der Waals surface area contributed by atoms with Crippen LogP contribution in [0.5, 0.6) is 5.75 Å². The van der Waals surface area contributed by atoms with Crippen molar-refractivity contribution in [3.05, 3.63) is 59.7 Å². The molecule has 0 spiro atoms. The molecule has 1 fully saturated rings. The van der Waals surface area contributed by atoms with Gasteiger partial charge in [-0.2, -0.15) is 5.26 Å². The molecule has 3 rings (SSSR count). The van der Waals surface area contributed by atoms with Crippen molar-refractivity contribution in [2.45, 2.75) is 23.8 Å². The topological polar surface area (TPSA) is 79.2 Å². The Labute approximate surface area is 141 Å². The van der Waals surface area contributed by atoms with E-state index in [9.17, 15) is 8.42 Å². The van der Waals surface area contributed by atoms with Crippen LogP contribution in [0.15, 0.2) is 53.4 Å². The molecule has 1 N–H and O–H groups in total. The van der Waals surface area contributed by atoms with Gasteiger partial charge in [0.2, 0.25) is 10.0 Å². The Balaban J connectivity index is 1.88. The van der Waals surface area contributed by atoms with Gasteiger partial charge in [-0.1, -0.05) is 18.2 Å². The highest BCUT2D eigenvalue weighted by Crippen LogP contribution is 2.42. The highest BCUT2D eigenvalue weighted by molar-refractivity contribution is 7.89. The Morgan fingerprint density at radius 3 is 2.50 bits per heavy atom. The lowest BCUT2D eigenvalue weighted by Gasteiger charge is -2.19. The van der Waals surface area contributed by atoms with E-state index in [0.717, 1.165) is 24.2 Å². The summed E-state index contributed by atoms with van der Waals surface area (Å²) in [5.41, 5.74) is 1.24. The van der Waals surface area contributed by atoms with Crippen LogP contribution in [-0.4, -0.2) is 15.5 Å². The van der Waals surface area contributed by atoms with Crippen molar-refractivity contribution in [2.24, 2.45) is 5.92 Å². The van der Waals surface area contributed by atoms with E-state index in [-0.39, 0.29) is 10.9 Å². The molecule has 1 aliphatic rings. The molecular weight excluding hydrogens is 324 g/mol. The number of sulfonamides is 1. The van der Waals surface area contributed by atoms with Crippen LogP contribution in [0, 0.1) is 17.2 Å². The van der Waals surface area contributed by atoms with Crippen molar-refractivity contribution in [3.63, 3.8) is 0 Å². The van der Waals surface area contributed by atoms with Gasteiger partial charge in [-0.05, 0) is 54.7 Å². The molecule has 2 aromatic rings. The number of nitriles is 1. The second kappa shape index (κ2) is 6.63. The monoisotopic (exact) mass is 342 g/mol. The second-order valence-electron chi connectivity index (χ2n) is 5.85. The molecule has 0 amide bonds. The summed E-state index contributed by atoms with van der Waals surface area (Å²) < 4.78 is 33.3. The van der Waals surface area contributed by atoms with E-state index in [1.807, 2.05) is 30.3 Å². The Bertz CT molecular complexity index is 866. The van der Waals surface area contributed by atoms with E-state index >= 15 is 0 Å². The molecule has 0 aromatic heterocycles. The number of nitrogens with zero attached hydrogens (tertiary/aromatic N) is 1. The lowest BCUT2D eigenvalue weighted by Crippen LogP contribution is -2.30. The first-order chi connectivity index (χ1) is 11.5. The molecule has 1 atom stereocenters. The molecule has 1 aliphatic carbocycles. The Morgan fingerprint density at radius 2 is 1.92 bits per heavy atom. The third-order valence-electron chi connectivity index (χ3n) is 4.12. The van der Waals surface area contributed by atoms with E-state index in [0.29, 0.717) is 11.5 Å². The van der Waals surface area contributed by atoms with Crippen LogP contribution in [-0.2, 0) is 10.0 Å². The fourth-order valence-electron chi connectivity index (χ4n) is 2.65. The maximum Gasteiger partial charge on any atom is 0.241 e. The highest BCUT2D eigenvalue weighted by Gasteiger charge is 2.35. The minimum absolute atomic E-state index is 0.112. The largest absolute Gasteiger partial charge is 0.497 e. The number of hydrogen-bond donors (Lipinski definition) is 1. The van der Waals surface area contributed by atoms with Gasteiger partial charge in [-0.25, -0.2) is 13.1 Å². The molecule has 5 nitrogen and oxygen atoms in total. The summed E-state index contributed by atoms with van der Waals surface area (Å²) >= 11 is 0. The SMILES string of the molecule is COc1ccc([C@H](NS(=O)(=O)c2cccc(C#N)c2)C2CC2)cc1.